The molecule has 3 aliphatic rings. The van der Waals surface area contributed by atoms with Gasteiger partial charge in [-0.3, -0.25) is 0 Å². The Kier molecular flexibility index (Phi) is 6.83. The highest BCUT2D eigenvalue weighted by molar-refractivity contribution is 6.00. The number of hydrogen-bond donors (Lipinski definition) is 1. The zero-order chi connectivity index (χ0) is 37.6. The van der Waals surface area contributed by atoms with E-state index in [1.807, 2.05) is 0 Å². The van der Waals surface area contributed by atoms with Gasteiger partial charge in [-0.25, -0.2) is 0 Å². The molecule has 0 aliphatic heterocycles. The highest BCUT2D eigenvalue weighted by Gasteiger charge is 2.52. The van der Waals surface area contributed by atoms with E-state index < -0.39 is 5.41 Å². The van der Waals surface area contributed by atoms with Gasteiger partial charge >= 0.3 is 0 Å². The third kappa shape index (κ3) is 4.23. The minimum absolute atomic E-state index is 0.381. The number of fused-ring (bicyclic) bond motifs is 13. The van der Waals surface area contributed by atoms with Gasteiger partial charge in [0.25, 0.3) is 0 Å². The summed E-state index contributed by atoms with van der Waals surface area (Å²) in [6.07, 6.45) is 0. The predicted octanol–water partition coefficient (Wildman–Crippen LogP) is 13.8. The number of anilines is 2. The Balaban J connectivity index is 1.03. The van der Waals surface area contributed by atoms with Gasteiger partial charge in [0.05, 0.1) is 10.8 Å². The SMILES string of the molecule is c1ccc(C2(c3ccccc3)c3ccccc3-c3cc(-c4ccccc4Nc4cccc5c4-c4ccccc4C54c5ccccc5-c5ccccc54)ccc32)cc1. The summed E-state index contributed by atoms with van der Waals surface area (Å²) in [5.41, 5.74) is 22.1. The van der Waals surface area contributed by atoms with Crippen LogP contribution in [0.4, 0.5) is 11.4 Å². The first kappa shape index (κ1) is 32.1. The van der Waals surface area contributed by atoms with Gasteiger partial charge in [-0.2, -0.15) is 0 Å². The molecule has 0 fully saturated rings. The molecule has 12 rings (SSSR count). The lowest BCUT2D eigenvalue weighted by Gasteiger charge is -2.33. The van der Waals surface area contributed by atoms with E-state index in [-0.39, 0.29) is 5.41 Å². The molecule has 0 radical (unpaired) electrons. The lowest BCUT2D eigenvalue weighted by molar-refractivity contribution is 0.768. The summed E-state index contributed by atoms with van der Waals surface area (Å²) in [6, 6.07) is 80.9. The fourth-order valence-electron chi connectivity index (χ4n) is 10.9. The molecule has 1 N–H and O–H groups in total. The van der Waals surface area contributed by atoms with Gasteiger partial charge in [-0.15, -0.1) is 0 Å². The van der Waals surface area contributed by atoms with Crippen LogP contribution >= 0.6 is 0 Å². The van der Waals surface area contributed by atoms with Crippen molar-refractivity contribution in [1.29, 1.82) is 0 Å². The molecule has 0 aromatic heterocycles. The standard InChI is InChI=1S/C56H37N/c1-3-18-38(19-4-1)55(39-20-5-2-6-21-39)46-27-12-9-25-43(46)45-36-37(34-35-50(45)55)40-22-11-16-32-52(40)57-53-33-17-31-51-54(53)44-26-10-15-30-49(44)56(51)47-28-13-7-23-41(47)42-24-8-14-29-48(42)56/h1-36,57H. The molecule has 0 heterocycles. The Labute approximate surface area is 333 Å². The van der Waals surface area contributed by atoms with E-state index >= 15 is 0 Å². The fourth-order valence-corrected chi connectivity index (χ4v) is 10.9. The smallest absolute Gasteiger partial charge is 0.0726 e. The van der Waals surface area contributed by atoms with E-state index in [1.54, 1.807) is 0 Å². The first-order valence-corrected chi connectivity index (χ1v) is 19.9. The van der Waals surface area contributed by atoms with Crippen molar-refractivity contribution < 1.29 is 0 Å². The van der Waals surface area contributed by atoms with Crippen LogP contribution in [-0.4, -0.2) is 0 Å². The van der Waals surface area contributed by atoms with Crippen LogP contribution in [0.2, 0.25) is 0 Å². The summed E-state index contributed by atoms with van der Waals surface area (Å²) < 4.78 is 0. The van der Waals surface area contributed by atoms with Gasteiger partial charge in [0.15, 0.2) is 0 Å². The molecule has 1 heteroatoms. The average Bonchev–Trinajstić information content (AvgIpc) is 3.88. The van der Waals surface area contributed by atoms with Crippen molar-refractivity contribution in [3.05, 3.63) is 263 Å². The molecule has 0 bridgehead atoms. The van der Waals surface area contributed by atoms with Crippen molar-refractivity contribution >= 4 is 11.4 Å². The van der Waals surface area contributed by atoms with Gasteiger partial charge < -0.3 is 5.32 Å². The molecule has 9 aromatic carbocycles. The third-order valence-corrected chi connectivity index (χ3v) is 13.0. The fraction of sp³-hybridized carbons (Fsp3) is 0.0357. The van der Waals surface area contributed by atoms with Crippen LogP contribution in [0.25, 0.3) is 44.5 Å². The third-order valence-electron chi connectivity index (χ3n) is 13.0. The van der Waals surface area contributed by atoms with Crippen molar-refractivity contribution in [3.8, 4) is 44.5 Å². The first-order valence-electron chi connectivity index (χ1n) is 19.9. The summed E-state index contributed by atoms with van der Waals surface area (Å²) in [4.78, 5) is 0. The largest absolute Gasteiger partial charge is 0.355 e. The number of hydrogen-bond acceptors (Lipinski definition) is 1. The summed E-state index contributed by atoms with van der Waals surface area (Å²) in [5.74, 6) is 0. The normalized spacial score (nSPS) is 14.2. The van der Waals surface area contributed by atoms with E-state index in [1.165, 1.54) is 89.0 Å². The zero-order valence-corrected chi connectivity index (χ0v) is 31.3. The summed E-state index contributed by atoms with van der Waals surface area (Å²) in [6.45, 7) is 0. The maximum absolute atomic E-state index is 4.02. The molecular weight excluding hydrogens is 687 g/mol. The molecule has 9 aromatic rings. The van der Waals surface area contributed by atoms with Crippen LogP contribution < -0.4 is 5.32 Å². The first-order chi connectivity index (χ1) is 28.3. The second-order valence-electron chi connectivity index (χ2n) is 15.6. The summed E-state index contributed by atoms with van der Waals surface area (Å²) in [7, 11) is 0. The van der Waals surface area contributed by atoms with Gasteiger partial charge in [0.1, 0.15) is 0 Å². The Bertz CT molecular complexity index is 2960. The van der Waals surface area contributed by atoms with Crippen molar-refractivity contribution in [2.24, 2.45) is 0 Å². The Hall–Kier alpha value is -7.22. The predicted molar refractivity (Wildman–Crippen MR) is 235 cm³/mol. The number of nitrogens with one attached hydrogen (secondary N) is 1. The summed E-state index contributed by atoms with van der Waals surface area (Å²) >= 11 is 0. The Morgan fingerprint density at radius 3 is 1.30 bits per heavy atom. The van der Waals surface area contributed by atoms with Crippen molar-refractivity contribution in [2.75, 3.05) is 5.32 Å². The van der Waals surface area contributed by atoms with Crippen LogP contribution in [0.15, 0.2) is 218 Å². The molecular formula is C56H37N. The average molecular weight is 724 g/mol. The molecule has 0 unspecified atom stereocenters. The molecule has 1 spiro atoms. The van der Waals surface area contributed by atoms with E-state index in [0.717, 1.165) is 11.4 Å². The zero-order valence-electron chi connectivity index (χ0n) is 31.3. The molecule has 0 atom stereocenters. The molecule has 266 valence electrons. The monoisotopic (exact) mass is 723 g/mol. The van der Waals surface area contributed by atoms with Crippen molar-refractivity contribution in [2.45, 2.75) is 10.8 Å². The van der Waals surface area contributed by atoms with Gasteiger partial charge in [0, 0.05) is 22.5 Å². The lowest BCUT2D eigenvalue weighted by Crippen LogP contribution is -2.28. The Morgan fingerprint density at radius 1 is 0.263 bits per heavy atom. The topological polar surface area (TPSA) is 12.0 Å². The van der Waals surface area contributed by atoms with Gasteiger partial charge in [-0.05, 0) is 96.1 Å². The maximum atomic E-state index is 4.02. The van der Waals surface area contributed by atoms with Gasteiger partial charge in [0.2, 0.25) is 0 Å². The maximum Gasteiger partial charge on any atom is 0.0726 e. The minimum Gasteiger partial charge on any atom is -0.355 e. The second kappa shape index (κ2) is 12.1. The van der Waals surface area contributed by atoms with Crippen LogP contribution in [0.3, 0.4) is 0 Å². The van der Waals surface area contributed by atoms with Crippen LogP contribution in [0.5, 0.6) is 0 Å². The minimum atomic E-state index is -0.420. The van der Waals surface area contributed by atoms with Crippen molar-refractivity contribution in [3.63, 3.8) is 0 Å². The molecule has 0 amide bonds. The number of para-hydroxylation sites is 1. The van der Waals surface area contributed by atoms with Crippen LogP contribution in [0, 0.1) is 0 Å². The second-order valence-corrected chi connectivity index (χ2v) is 15.6. The number of rotatable bonds is 5. The molecule has 3 aliphatic carbocycles. The lowest BCUT2D eigenvalue weighted by atomic mass is 9.67. The van der Waals surface area contributed by atoms with Gasteiger partial charge in [-0.1, -0.05) is 200 Å². The molecule has 0 saturated heterocycles. The molecule has 57 heavy (non-hydrogen) atoms. The van der Waals surface area contributed by atoms with E-state index in [0.29, 0.717) is 0 Å². The van der Waals surface area contributed by atoms with Crippen LogP contribution in [0.1, 0.15) is 44.5 Å². The highest BCUT2D eigenvalue weighted by atomic mass is 14.9. The van der Waals surface area contributed by atoms with E-state index in [9.17, 15) is 0 Å². The van der Waals surface area contributed by atoms with E-state index in [4.69, 9.17) is 0 Å². The Morgan fingerprint density at radius 2 is 0.684 bits per heavy atom. The van der Waals surface area contributed by atoms with E-state index in [2.05, 4.69) is 224 Å². The molecule has 1 nitrogen and oxygen atoms in total. The van der Waals surface area contributed by atoms with Crippen molar-refractivity contribution in [1.82, 2.24) is 0 Å². The highest BCUT2D eigenvalue weighted by Crippen LogP contribution is 2.64. The summed E-state index contributed by atoms with van der Waals surface area (Å²) in [5, 5.41) is 4.02. The number of benzene rings is 9. The molecule has 0 saturated carbocycles. The van der Waals surface area contributed by atoms with Crippen LogP contribution in [-0.2, 0) is 10.8 Å². The quantitative estimate of drug-likeness (QED) is 0.186.